The van der Waals surface area contributed by atoms with Crippen molar-refractivity contribution in [3.05, 3.63) is 52.0 Å². The molecule has 1 heterocycles. The van der Waals surface area contributed by atoms with E-state index in [2.05, 4.69) is 10.2 Å². The standard InChI is InChI=1S/C21H24Cl2N2O3/c1-27-19-6-5-17(12-20(19)28-2)24-21(26)14-7-9-25(10-8-14)13-15-3-4-16(22)11-18(15)23/h3-6,11-12,14H,7-10,13H2,1-2H3,(H,24,26). The smallest absolute Gasteiger partial charge is 0.227 e. The number of nitrogens with one attached hydrogen (secondary N) is 1. The van der Waals surface area contributed by atoms with Gasteiger partial charge in [-0.2, -0.15) is 0 Å². The summed E-state index contributed by atoms with van der Waals surface area (Å²) >= 11 is 12.2. The van der Waals surface area contributed by atoms with E-state index < -0.39 is 0 Å². The van der Waals surface area contributed by atoms with Gasteiger partial charge in [0.05, 0.1) is 14.2 Å². The summed E-state index contributed by atoms with van der Waals surface area (Å²) in [5, 5.41) is 4.31. The van der Waals surface area contributed by atoms with Crippen molar-refractivity contribution in [3.8, 4) is 11.5 Å². The summed E-state index contributed by atoms with van der Waals surface area (Å²) in [6, 6.07) is 11.0. The summed E-state index contributed by atoms with van der Waals surface area (Å²) in [6.45, 7) is 2.46. The number of methoxy groups -OCH3 is 2. The fourth-order valence-corrected chi connectivity index (χ4v) is 3.87. The van der Waals surface area contributed by atoms with Crippen molar-refractivity contribution in [2.45, 2.75) is 19.4 Å². The van der Waals surface area contributed by atoms with Gasteiger partial charge in [0.1, 0.15) is 0 Å². The molecule has 0 saturated carbocycles. The number of benzene rings is 2. The number of nitrogens with zero attached hydrogens (tertiary/aromatic N) is 1. The van der Waals surface area contributed by atoms with Crippen LogP contribution in [0.5, 0.6) is 11.5 Å². The molecule has 1 amide bonds. The van der Waals surface area contributed by atoms with Gasteiger partial charge in [-0.25, -0.2) is 0 Å². The molecule has 7 heteroatoms. The number of hydrogen-bond donors (Lipinski definition) is 1. The van der Waals surface area contributed by atoms with Crippen molar-refractivity contribution in [1.29, 1.82) is 0 Å². The highest BCUT2D eigenvalue weighted by molar-refractivity contribution is 6.35. The van der Waals surface area contributed by atoms with Crippen LogP contribution in [0.1, 0.15) is 18.4 Å². The van der Waals surface area contributed by atoms with Gasteiger partial charge in [-0.15, -0.1) is 0 Å². The van der Waals surface area contributed by atoms with Crippen LogP contribution in [0, 0.1) is 5.92 Å². The lowest BCUT2D eigenvalue weighted by Crippen LogP contribution is -2.37. The van der Waals surface area contributed by atoms with Gasteiger partial charge in [-0.3, -0.25) is 9.69 Å². The van der Waals surface area contributed by atoms with Crippen molar-refractivity contribution in [2.24, 2.45) is 5.92 Å². The highest BCUT2D eigenvalue weighted by Crippen LogP contribution is 2.30. The number of amides is 1. The molecule has 28 heavy (non-hydrogen) atoms. The predicted octanol–water partition coefficient (Wildman–Crippen LogP) is 4.86. The second-order valence-corrected chi connectivity index (χ2v) is 7.69. The fraction of sp³-hybridized carbons (Fsp3) is 0.381. The first kappa shape index (κ1) is 20.8. The zero-order valence-electron chi connectivity index (χ0n) is 16.0. The molecule has 2 aromatic carbocycles. The Kier molecular flexibility index (Phi) is 7.05. The summed E-state index contributed by atoms with van der Waals surface area (Å²) in [7, 11) is 3.16. The summed E-state index contributed by atoms with van der Waals surface area (Å²) in [6.07, 6.45) is 1.62. The Morgan fingerprint density at radius 1 is 1.07 bits per heavy atom. The number of ether oxygens (including phenoxy) is 2. The van der Waals surface area contributed by atoms with Crippen LogP contribution < -0.4 is 14.8 Å². The zero-order valence-corrected chi connectivity index (χ0v) is 17.5. The molecule has 1 aliphatic rings. The van der Waals surface area contributed by atoms with Gasteiger partial charge in [-0.1, -0.05) is 29.3 Å². The largest absolute Gasteiger partial charge is 0.493 e. The van der Waals surface area contributed by atoms with Crippen LogP contribution in [0.3, 0.4) is 0 Å². The third-order valence-electron chi connectivity index (χ3n) is 5.02. The van der Waals surface area contributed by atoms with Crippen LogP contribution >= 0.6 is 23.2 Å². The van der Waals surface area contributed by atoms with E-state index in [1.54, 1.807) is 32.4 Å². The molecule has 1 fully saturated rings. The van der Waals surface area contributed by atoms with Gasteiger partial charge in [-0.05, 0) is 55.8 Å². The van der Waals surface area contributed by atoms with Crippen LogP contribution in [0.25, 0.3) is 0 Å². The second-order valence-electron chi connectivity index (χ2n) is 6.85. The molecule has 0 atom stereocenters. The van der Waals surface area contributed by atoms with E-state index in [4.69, 9.17) is 32.7 Å². The van der Waals surface area contributed by atoms with Crippen molar-refractivity contribution in [1.82, 2.24) is 4.90 Å². The minimum Gasteiger partial charge on any atom is -0.493 e. The summed E-state index contributed by atoms with van der Waals surface area (Å²) in [5.41, 5.74) is 1.76. The number of halogens is 2. The lowest BCUT2D eigenvalue weighted by atomic mass is 9.95. The first-order valence-electron chi connectivity index (χ1n) is 9.19. The van der Waals surface area contributed by atoms with Crippen LogP contribution in [-0.4, -0.2) is 38.1 Å². The molecule has 1 aliphatic heterocycles. The molecule has 0 aliphatic carbocycles. The molecule has 0 aromatic heterocycles. The minimum atomic E-state index is -0.00923. The third-order valence-corrected chi connectivity index (χ3v) is 5.61. The average molecular weight is 423 g/mol. The molecular formula is C21H24Cl2N2O3. The fourth-order valence-electron chi connectivity index (χ4n) is 3.40. The van der Waals surface area contributed by atoms with Crippen molar-refractivity contribution in [2.75, 3.05) is 32.6 Å². The molecule has 0 bridgehead atoms. The van der Waals surface area contributed by atoms with Gasteiger partial charge in [0.15, 0.2) is 11.5 Å². The van der Waals surface area contributed by atoms with Crippen LogP contribution in [0.15, 0.2) is 36.4 Å². The summed E-state index contributed by atoms with van der Waals surface area (Å²) < 4.78 is 10.5. The van der Waals surface area contributed by atoms with Crippen LogP contribution in [0.4, 0.5) is 5.69 Å². The number of piperidine rings is 1. The normalized spacial score (nSPS) is 15.3. The van der Waals surface area contributed by atoms with E-state index in [0.717, 1.165) is 38.0 Å². The number of carbonyl (C=O) groups is 1. The Hall–Kier alpha value is -1.95. The van der Waals surface area contributed by atoms with E-state index in [0.29, 0.717) is 27.2 Å². The highest BCUT2D eigenvalue weighted by Gasteiger charge is 2.25. The maximum atomic E-state index is 12.6. The molecule has 0 spiro atoms. The molecule has 5 nitrogen and oxygen atoms in total. The van der Waals surface area contributed by atoms with E-state index >= 15 is 0 Å². The second kappa shape index (κ2) is 9.50. The van der Waals surface area contributed by atoms with Gasteiger partial charge in [0.2, 0.25) is 5.91 Å². The van der Waals surface area contributed by atoms with E-state index in [-0.39, 0.29) is 11.8 Å². The SMILES string of the molecule is COc1ccc(NC(=O)C2CCN(Cc3ccc(Cl)cc3Cl)CC2)cc1OC. The topological polar surface area (TPSA) is 50.8 Å². The number of rotatable bonds is 6. The molecule has 1 N–H and O–H groups in total. The molecule has 1 saturated heterocycles. The van der Waals surface area contributed by atoms with Gasteiger partial charge in [0, 0.05) is 34.3 Å². The average Bonchev–Trinajstić information content (AvgIpc) is 2.70. The Morgan fingerprint density at radius 2 is 1.79 bits per heavy atom. The van der Waals surface area contributed by atoms with Crippen molar-refractivity contribution < 1.29 is 14.3 Å². The number of likely N-dealkylation sites (tertiary alicyclic amines) is 1. The Morgan fingerprint density at radius 3 is 2.43 bits per heavy atom. The maximum Gasteiger partial charge on any atom is 0.227 e. The van der Waals surface area contributed by atoms with Crippen molar-refractivity contribution in [3.63, 3.8) is 0 Å². The lowest BCUT2D eigenvalue weighted by molar-refractivity contribution is -0.121. The molecule has 0 unspecified atom stereocenters. The summed E-state index contributed by atoms with van der Waals surface area (Å²) in [4.78, 5) is 15.0. The van der Waals surface area contributed by atoms with Gasteiger partial charge < -0.3 is 14.8 Å². The molecule has 150 valence electrons. The van der Waals surface area contributed by atoms with Crippen LogP contribution in [-0.2, 0) is 11.3 Å². The lowest BCUT2D eigenvalue weighted by Gasteiger charge is -2.31. The number of carbonyl (C=O) groups excluding carboxylic acids is 1. The first-order valence-corrected chi connectivity index (χ1v) is 9.95. The Balaban J connectivity index is 1.53. The Bertz CT molecular complexity index is 836. The monoisotopic (exact) mass is 422 g/mol. The van der Waals surface area contributed by atoms with E-state index in [9.17, 15) is 4.79 Å². The highest BCUT2D eigenvalue weighted by atomic mass is 35.5. The first-order chi connectivity index (χ1) is 13.5. The van der Waals surface area contributed by atoms with Gasteiger partial charge >= 0.3 is 0 Å². The Labute approximate surface area is 175 Å². The third kappa shape index (κ3) is 5.10. The minimum absolute atomic E-state index is 0.00923. The predicted molar refractivity (Wildman–Crippen MR) is 113 cm³/mol. The van der Waals surface area contributed by atoms with Crippen LogP contribution in [0.2, 0.25) is 10.0 Å². The molecule has 0 radical (unpaired) electrons. The quantitative estimate of drug-likeness (QED) is 0.721. The summed E-state index contributed by atoms with van der Waals surface area (Å²) in [5.74, 6) is 1.26. The molecule has 2 aromatic rings. The van der Waals surface area contributed by atoms with E-state index in [1.165, 1.54) is 0 Å². The molecular weight excluding hydrogens is 399 g/mol. The van der Waals surface area contributed by atoms with Crippen molar-refractivity contribution >= 4 is 34.8 Å². The number of hydrogen-bond acceptors (Lipinski definition) is 4. The van der Waals surface area contributed by atoms with Gasteiger partial charge in [0.25, 0.3) is 0 Å². The molecule has 3 rings (SSSR count). The number of anilines is 1. The zero-order chi connectivity index (χ0) is 20.1. The maximum absolute atomic E-state index is 12.6. The van der Waals surface area contributed by atoms with E-state index in [1.807, 2.05) is 18.2 Å².